The van der Waals surface area contributed by atoms with Gasteiger partial charge in [0.25, 0.3) is 5.91 Å². The number of carbonyl (C=O) groups excluding carboxylic acids is 2. The summed E-state index contributed by atoms with van der Waals surface area (Å²) in [7, 11) is 0. The van der Waals surface area contributed by atoms with Gasteiger partial charge in [0, 0.05) is 13.0 Å². The largest absolute Gasteiger partial charge is 0.456 e. The molecule has 0 aromatic carbocycles. The van der Waals surface area contributed by atoms with Gasteiger partial charge in [0.2, 0.25) is 0 Å². The molecular weight excluding hydrogens is 230 g/mol. The molecule has 0 saturated carbocycles. The third-order valence-electron chi connectivity index (χ3n) is 2.97. The van der Waals surface area contributed by atoms with E-state index in [-0.39, 0.29) is 18.5 Å². The minimum absolute atomic E-state index is 0.155. The predicted octanol–water partition coefficient (Wildman–Crippen LogP) is 2.34. The lowest BCUT2D eigenvalue weighted by molar-refractivity contribution is -0.148. The summed E-state index contributed by atoms with van der Waals surface area (Å²) in [5, 5.41) is 2.77. The monoisotopic (exact) mass is 253 g/mol. The summed E-state index contributed by atoms with van der Waals surface area (Å²) in [6.07, 6.45) is 9.16. The van der Waals surface area contributed by atoms with Crippen molar-refractivity contribution in [3.63, 3.8) is 0 Å². The second kappa shape index (κ2) is 8.72. The number of esters is 1. The molecule has 1 rings (SSSR count). The minimum Gasteiger partial charge on any atom is -0.456 e. The molecule has 1 amide bonds. The van der Waals surface area contributed by atoms with Crippen molar-refractivity contribution in [3.05, 3.63) is 11.6 Å². The molecule has 102 valence electrons. The number of nitrogens with one attached hydrogen (secondary N) is 1. The normalized spacial score (nSPS) is 14.8. The van der Waals surface area contributed by atoms with Gasteiger partial charge >= 0.3 is 5.97 Å². The van der Waals surface area contributed by atoms with Crippen molar-refractivity contribution in [2.75, 3.05) is 13.2 Å². The SMILES string of the molecule is CCCC(=O)OCC(=O)NCCC1=CCCCC1. The third-order valence-corrected chi connectivity index (χ3v) is 2.97. The third kappa shape index (κ3) is 6.42. The standard InChI is InChI=1S/C14H23NO3/c1-2-6-14(17)18-11-13(16)15-10-9-12-7-4-3-5-8-12/h7H,2-6,8-11H2,1H3,(H,15,16). The highest BCUT2D eigenvalue weighted by atomic mass is 16.5. The van der Waals surface area contributed by atoms with Crippen LogP contribution in [0.15, 0.2) is 11.6 Å². The molecule has 0 spiro atoms. The molecule has 1 N–H and O–H groups in total. The summed E-state index contributed by atoms with van der Waals surface area (Å²) in [5.74, 6) is -0.515. The maximum absolute atomic E-state index is 11.4. The van der Waals surface area contributed by atoms with Gasteiger partial charge in [-0.1, -0.05) is 18.6 Å². The second-order valence-corrected chi connectivity index (χ2v) is 4.62. The van der Waals surface area contributed by atoms with Crippen LogP contribution < -0.4 is 5.32 Å². The number of carbonyl (C=O) groups is 2. The summed E-state index contributed by atoms with van der Waals surface area (Å²) in [5.41, 5.74) is 1.43. The van der Waals surface area contributed by atoms with Crippen LogP contribution in [-0.2, 0) is 14.3 Å². The van der Waals surface area contributed by atoms with Gasteiger partial charge in [0.1, 0.15) is 0 Å². The van der Waals surface area contributed by atoms with Gasteiger partial charge in [-0.15, -0.1) is 0 Å². The lowest BCUT2D eigenvalue weighted by Crippen LogP contribution is -2.29. The van der Waals surface area contributed by atoms with Crippen LogP contribution in [0.2, 0.25) is 0 Å². The smallest absolute Gasteiger partial charge is 0.306 e. The molecule has 0 fully saturated rings. The van der Waals surface area contributed by atoms with Gasteiger partial charge in [-0.2, -0.15) is 0 Å². The first-order chi connectivity index (χ1) is 8.72. The van der Waals surface area contributed by atoms with Crippen LogP contribution >= 0.6 is 0 Å². The van der Waals surface area contributed by atoms with Crippen LogP contribution in [0.5, 0.6) is 0 Å². The van der Waals surface area contributed by atoms with E-state index in [0.29, 0.717) is 13.0 Å². The van der Waals surface area contributed by atoms with Crippen LogP contribution in [0.25, 0.3) is 0 Å². The van der Waals surface area contributed by atoms with E-state index in [1.807, 2.05) is 6.92 Å². The lowest BCUT2D eigenvalue weighted by Gasteiger charge is -2.12. The van der Waals surface area contributed by atoms with Gasteiger partial charge in [-0.3, -0.25) is 9.59 Å². The maximum Gasteiger partial charge on any atom is 0.306 e. The molecule has 0 saturated heterocycles. The van der Waals surface area contributed by atoms with Crippen LogP contribution in [0, 0.1) is 0 Å². The van der Waals surface area contributed by atoms with E-state index in [4.69, 9.17) is 4.74 Å². The molecule has 0 aromatic rings. The Labute approximate surface area is 109 Å². The van der Waals surface area contributed by atoms with E-state index in [2.05, 4.69) is 11.4 Å². The molecule has 1 aliphatic rings. The van der Waals surface area contributed by atoms with Crippen molar-refractivity contribution in [2.24, 2.45) is 0 Å². The average molecular weight is 253 g/mol. The first-order valence-corrected chi connectivity index (χ1v) is 6.82. The van der Waals surface area contributed by atoms with Crippen molar-refractivity contribution in [1.82, 2.24) is 5.32 Å². The maximum atomic E-state index is 11.4. The summed E-state index contributed by atoms with van der Waals surface area (Å²) >= 11 is 0. The molecular formula is C14H23NO3. The van der Waals surface area contributed by atoms with Crippen molar-refractivity contribution in [2.45, 2.75) is 51.9 Å². The number of hydrogen-bond donors (Lipinski definition) is 1. The predicted molar refractivity (Wildman–Crippen MR) is 70.0 cm³/mol. The molecule has 4 heteroatoms. The summed E-state index contributed by atoms with van der Waals surface area (Å²) in [6.45, 7) is 2.38. The molecule has 0 atom stereocenters. The fourth-order valence-corrected chi connectivity index (χ4v) is 1.97. The molecule has 0 unspecified atom stereocenters. The minimum atomic E-state index is -0.303. The Morgan fingerprint density at radius 3 is 2.89 bits per heavy atom. The van der Waals surface area contributed by atoms with E-state index < -0.39 is 0 Å². The van der Waals surface area contributed by atoms with Crippen LogP contribution in [-0.4, -0.2) is 25.0 Å². The van der Waals surface area contributed by atoms with Gasteiger partial charge < -0.3 is 10.1 Å². The van der Waals surface area contributed by atoms with E-state index >= 15 is 0 Å². The highest BCUT2D eigenvalue weighted by molar-refractivity contribution is 5.80. The fraction of sp³-hybridized carbons (Fsp3) is 0.714. The van der Waals surface area contributed by atoms with Crippen LogP contribution in [0.3, 0.4) is 0 Å². The van der Waals surface area contributed by atoms with E-state index in [1.165, 1.54) is 18.4 Å². The zero-order valence-corrected chi connectivity index (χ0v) is 11.2. The zero-order valence-electron chi connectivity index (χ0n) is 11.2. The summed E-state index contributed by atoms with van der Waals surface area (Å²) < 4.78 is 4.82. The fourth-order valence-electron chi connectivity index (χ4n) is 1.97. The molecule has 0 aliphatic heterocycles. The van der Waals surface area contributed by atoms with Crippen molar-refractivity contribution in [3.8, 4) is 0 Å². The zero-order chi connectivity index (χ0) is 13.2. The number of ether oxygens (including phenoxy) is 1. The molecule has 0 heterocycles. The Morgan fingerprint density at radius 1 is 1.39 bits per heavy atom. The van der Waals surface area contributed by atoms with E-state index in [9.17, 15) is 9.59 Å². The molecule has 0 aromatic heterocycles. The van der Waals surface area contributed by atoms with Crippen molar-refractivity contribution < 1.29 is 14.3 Å². The molecule has 1 aliphatic carbocycles. The number of amides is 1. The van der Waals surface area contributed by atoms with Crippen LogP contribution in [0.1, 0.15) is 51.9 Å². The number of allylic oxidation sites excluding steroid dienone is 1. The molecule has 18 heavy (non-hydrogen) atoms. The Balaban J connectivity index is 2.06. The van der Waals surface area contributed by atoms with E-state index in [1.54, 1.807) is 0 Å². The van der Waals surface area contributed by atoms with Crippen LogP contribution in [0.4, 0.5) is 0 Å². The first-order valence-electron chi connectivity index (χ1n) is 6.82. The van der Waals surface area contributed by atoms with Gasteiger partial charge in [-0.05, 0) is 38.5 Å². The highest BCUT2D eigenvalue weighted by Gasteiger charge is 2.07. The van der Waals surface area contributed by atoms with Gasteiger partial charge in [-0.25, -0.2) is 0 Å². The first kappa shape index (κ1) is 14.7. The Hall–Kier alpha value is -1.32. The van der Waals surface area contributed by atoms with Crippen molar-refractivity contribution >= 4 is 11.9 Å². The van der Waals surface area contributed by atoms with E-state index in [0.717, 1.165) is 25.7 Å². The van der Waals surface area contributed by atoms with Gasteiger partial charge in [0.05, 0.1) is 0 Å². The highest BCUT2D eigenvalue weighted by Crippen LogP contribution is 2.19. The van der Waals surface area contributed by atoms with Gasteiger partial charge in [0.15, 0.2) is 6.61 Å². The summed E-state index contributed by atoms with van der Waals surface area (Å²) in [6, 6.07) is 0. The second-order valence-electron chi connectivity index (χ2n) is 4.62. The Kier molecular flexibility index (Phi) is 7.14. The molecule has 0 radical (unpaired) electrons. The number of hydrogen-bond acceptors (Lipinski definition) is 3. The quantitative estimate of drug-likeness (QED) is 0.559. The topological polar surface area (TPSA) is 55.4 Å². The molecule has 4 nitrogen and oxygen atoms in total. The Bertz CT molecular complexity index is 310. The summed E-state index contributed by atoms with van der Waals surface area (Å²) in [4.78, 5) is 22.4. The number of rotatable bonds is 7. The molecule has 0 bridgehead atoms. The Morgan fingerprint density at radius 2 is 2.22 bits per heavy atom. The average Bonchev–Trinajstić information content (AvgIpc) is 2.38. The lowest BCUT2D eigenvalue weighted by atomic mass is 9.97. The van der Waals surface area contributed by atoms with Crippen molar-refractivity contribution in [1.29, 1.82) is 0 Å².